The normalized spacial score (nSPS) is 10.3. The molecule has 9 nitrogen and oxygen atoms in total. The van der Waals surface area contributed by atoms with Crippen LogP contribution in [0.4, 0.5) is 11.6 Å². The summed E-state index contributed by atoms with van der Waals surface area (Å²) in [6, 6.07) is 5.96. The van der Waals surface area contributed by atoms with Crippen LogP contribution in [0.1, 0.15) is 19.7 Å². The molecule has 0 aliphatic heterocycles. The number of benzene rings is 1. The second-order valence-corrected chi connectivity index (χ2v) is 7.14. The summed E-state index contributed by atoms with van der Waals surface area (Å²) < 4.78 is 10.5. The second-order valence-electron chi connectivity index (χ2n) is 6.33. The van der Waals surface area contributed by atoms with Gasteiger partial charge in [-0.1, -0.05) is 0 Å². The number of aromatic nitrogens is 4. The fourth-order valence-corrected chi connectivity index (χ4v) is 3.68. The first-order chi connectivity index (χ1) is 14.0. The summed E-state index contributed by atoms with van der Waals surface area (Å²) in [6.07, 6.45) is 2.22. The standard InChI is InChI=1S/C19H25BrN7O2.2ClH/c1-3-26-14-6-5-13(29-8-7-21)9-15(14)27(4-2)17(26)11-25(12-28)19-18(22)23-10-16(20)24-19;;/h5-6,9-10,12H,3-4,7-8,11,21H2,1-2H3,(H2,22,23);2*1H/q+1;;/p-1. The summed E-state index contributed by atoms with van der Waals surface area (Å²) in [5.41, 5.74) is 13.6. The third-order valence-electron chi connectivity index (χ3n) is 4.63. The molecule has 31 heavy (non-hydrogen) atoms. The molecule has 170 valence electrons. The van der Waals surface area contributed by atoms with E-state index in [1.165, 1.54) is 11.1 Å². The summed E-state index contributed by atoms with van der Waals surface area (Å²) >= 11 is 3.29. The largest absolute Gasteiger partial charge is 1.00 e. The van der Waals surface area contributed by atoms with Gasteiger partial charge in [0.1, 0.15) is 23.5 Å². The molecular weight excluding hydrogens is 509 g/mol. The summed E-state index contributed by atoms with van der Waals surface area (Å²) in [6.45, 7) is 6.82. The molecule has 1 amide bonds. The van der Waals surface area contributed by atoms with Gasteiger partial charge in [0, 0.05) is 12.6 Å². The average molecular weight is 535 g/mol. The van der Waals surface area contributed by atoms with Gasteiger partial charge in [-0.2, -0.15) is 0 Å². The minimum absolute atomic E-state index is 0. The maximum absolute atomic E-state index is 11.9. The molecule has 0 aliphatic rings. The van der Waals surface area contributed by atoms with Crippen LogP contribution >= 0.6 is 28.3 Å². The van der Waals surface area contributed by atoms with Gasteiger partial charge < -0.3 is 28.6 Å². The Hall–Kier alpha value is -2.14. The summed E-state index contributed by atoms with van der Waals surface area (Å²) in [5, 5.41) is 0. The van der Waals surface area contributed by atoms with Gasteiger partial charge in [0.2, 0.25) is 6.41 Å². The van der Waals surface area contributed by atoms with Crippen LogP contribution in [-0.4, -0.2) is 34.1 Å². The lowest BCUT2D eigenvalue weighted by atomic mass is 10.3. The Morgan fingerprint density at radius 3 is 2.71 bits per heavy atom. The number of fused-ring (bicyclic) bond motifs is 1. The highest BCUT2D eigenvalue weighted by Gasteiger charge is 2.27. The van der Waals surface area contributed by atoms with Crippen molar-refractivity contribution in [3.8, 4) is 5.75 Å². The first-order valence-corrected chi connectivity index (χ1v) is 10.2. The van der Waals surface area contributed by atoms with Crippen LogP contribution in [0.25, 0.3) is 11.0 Å². The van der Waals surface area contributed by atoms with Crippen LogP contribution in [0.3, 0.4) is 0 Å². The van der Waals surface area contributed by atoms with Gasteiger partial charge in [-0.15, -0.1) is 12.4 Å². The van der Waals surface area contributed by atoms with Crippen LogP contribution in [0, 0.1) is 0 Å². The maximum atomic E-state index is 11.9. The summed E-state index contributed by atoms with van der Waals surface area (Å²) in [5.74, 6) is 2.23. The third-order valence-corrected chi connectivity index (χ3v) is 5.02. The molecular formula is C19H26BrCl2N7O2. The van der Waals surface area contributed by atoms with Crippen LogP contribution in [0.2, 0.25) is 0 Å². The van der Waals surface area contributed by atoms with Crippen molar-refractivity contribution in [2.45, 2.75) is 33.5 Å². The molecule has 0 aliphatic carbocycles. The number of nitrogen functional groups attached to an aromatic ring is 1. The molecule has 0 radical (unpaired) electrons. The summed E-state index contributed by atoms with van der Waals surface area (Å²) in [4.78, 5) is 21.8. The van der Waals surface area contributed by atoms with Crippen LogP contribution in [0.5, 0.6) is 5.75 Å². The molecule has 2 aromatic heterocycles. The number of carbonyl (C=O) groups excluding carboxylic acids is 1. The lowest BCUT2D eigenvalue weighted by molar-refractivity contribution is -0.676. The van der Waals surface area contributed by atoms with Crippen LogP contribution in [-0.2, 0) is 24.4 Å². The third kappa shape index (κ3) is 5.57. The molecule has 12 heteroatoms. The lowest BCUT2D eigenvalue weighted by Crippen LogP contribution is -3.00. The SMILES string of the molecule is CCn1c(CN(C=O)c2nc(Br)cnc2N)[n+](CC)c2ccc(OCCN)cc21.Cl.[Cl-]. The van der Waals surface area contributed by atoms with E-state index < -0.39 is 0 Å². The van der Waals surface area contributed by atoms with Crippen molar-refractivity contribution < 1.29 is 26.5 Å². The van der Waals surface area contributed by atoms with E-state index in [2.05, 4.69) is 48.9 Å². The Balaban J connectivity index is 0.00000240. The number of hydrogen-bond acceptors (Lipinski definition) is 6. The predicted octanol–water partition coefficient (Wildman–Crippen LogP) is -0.970. The minimum atomic E-state index is 0. The van der Waals surface area contributed by atoms with E-state index in [1.54, 1.807) is 0 Å². The Kier molecular flexibility index (Phi) is 10.4. The number of ether oxygens (including phenoxy) is 1. The van der Waals surface area contributed by atoms with E-state index in [4.69, 9.17) is 16.2 Å². The monoisotopic (exact) mass is 533 g/mol. The van der Waals surface area contributed by atoms with Crippen molar-refractivity contribution in [3.05, 3.63) is 34.8 Å². The highest BCUT2D eigenvalue weighted by atomic mass is 79.9. The zero-order chi connectivity index (χ0) is 21.0. The van der Waals surface area contributed by atoms with Gasteiger partial charge >= 0.3 is 0 Å². The van der Waals surface area contributed by atoms with Crippen LogP contribution < -0.4 is 38.1 Å². The molecule has 3 aromatic rings. The predicted molar refractivity (Wildman–Crippen MR) is 122 cm³/mol. The lowest BCUT2D eigenvalue weighted by Gasteiger charge is -2.16. The second kappa shape index (κ2) is 12.0. The number of amides is 1. The Morgan fingerprint density at radius 1 is 1.35 bits per heavy atom. The van der Waals surface area contributed by atoms with E-state index in [0.29, 0.717) is 30.1 Å². The summed E-state index contributed by atoms with van der Waals surface area (Å²) in [7, 11) is 0. The molecule has 0 saturated heterocycles. The van der Waals surface area contributed by atoms with Crippen molar-refractivity contribution in [1.29, 1.82) is 0 Å². The Bertz CT molecular complexity index is 1030. The molecule has 3 rings (SSSR count). The number of nitrogens with zero attached hydrogens (tertiary/aromatic N) is 5. The Morgan fingerprint density at radius 2 is 2.10 bits per heavy atom. The first kappa shape index (κ1) is 26.9. The van der Waals surface area contributed by atoms with Gasteiger partial charge in [0.05, 0.1) is 19.3 Å². The minimum Gasteiger partial charge on any atom is -1.00 e. The van der Waals surface area contributed by atoms with Gasteiger partial charge in [0.15, 0.2) is 22.7 Å². The van der Waals surface area contributed by atoms with E-state index in [1.807, 2.05) is 18.2 Å². The number of hydrogen-bond donors (Lipinski definition) is 2. The highest BCUT2D eigenvalue weighted by Crippen LogP contribution is 2.25. The first-order valence-electron chi connectivity index (χ1n) is 9.41. The van der Waals surface area contributed by atoms with Crippen molar-refractivity contribution in [2.24, 2.45) is 5.73 Å². The number of nitrogens with two attached hydrogens (primary N) is 2. The van der Waals surface area contributed by atoms with E-state index in [9.17, 15) is 4.79 Å². The fourth-order valence-electron chi connectivity index (χ4n) is 3.41. The number of anilines is 2. The number of carbonyl (C=O) groups is 1. The molecule has 0 spiro atoms. The zero-order valence-corrected chi connectivity index (χ0v) is 20.5. The maximum Gasteiger partial charge on any atom is 0.277 e. The molecule has 4 N–H and O–H groups in total. The molecule has 2 heterocycles. The van der Waals surface area contributed by atoms with E-state index in [0.717, 1.165) is 42.1 Å². The van der Waals surface area contributed by atoms with Gasteiger partial charge in [-0.05, 0) is 41.9 Å². The van der Waals surface area contributed by atoms with Crippen molar-refractivity contribution in [2.75, 3.05) is 23.8 Å². The molecule has 0 bridgehead atoms. The van der Waals surface area contributed by atoms with Gasteiger partial charge in [0.25, 0.3) is 5.82 Å². The van der Waals surface area contributed by atoms with Crippen LogP contribution in [0.15, 0.2) is 29.0 Å². The zero-order valence-electron chi connectivity index (χ0n) is 17.3. The number of aryl methyl sites for hydroxylation is 2. The van der Waals surface area contributed by atoms with Gasteiger partial charge in [-0.3, -0.25) is 9.69 Å². The number of halogens is 3. The molecule has 0 saturated carbocycles. The average Bonchev–Trinajstić information content (AvgIpc) is 3.03. The number of rotatable bonds is 9. The van der Waals surface area contributed by atoms with Crippen molar-refractivity contribution >= 4 is 57.4 Å². The number of imidazole rings is 1. The van der Waals surface area contributed by atoms with Crippen molar-refractivity contribution in [3.63, 3.8) is 0 Å². The topological polar surface area (TPSA) is 116 Å². The smallest absolute Gasteiger partial charge is 0.277 e. The van der Waals surface area contributed by atoms with E-state index >= 15 is 0 Å². The fraction of sp³-hybridized carbons (Fsp3) is 0.368. The Labute approximate surface area is 201 Å². The quantitative estimate of drug-likeness (QED) is 0.269. The van der Waals surface area contributed by atoms with Crippen molar-refractivity contribution in [1.82, 2.24) is 14.5 Å². The molecule has 0 unspecified atom stereocenters. The van der Waals surface area contributed by atoms with E-state index in [-0.39, 0.29) is 30.6 Å². The molecule has 0 fully saturated rings. The molecule has 1 aromatic carbocycles. The van der Waals surface area contributed by atoms with Gasteiger partial charge in [-0.25, -0.2) is 19.1 Å². The highest BCUT2D eigenvalue weighted by molar-refractivity contribution is 9.10. The molecule has 0 atom stereocenters.